The summed E-state index contributed by atoms with van der Waals surface area (Å²) in [5.41, 5.74) is 0.420. The number of carbonyl (C=O) groups excluding carboxylic acids is 3. The summed E-state index contributed by atoms with van der Waals surface area (Å²) in [4.78, 5) is 40.9. The largest absolute Gasteiger partial charge is 0.396 e. The Labute approximate surface area is 153 Å². The number of fused-ring (bicyclic) bond motifs is 1. The first-order chi connectivity index (χ1) is 12.6. The summed E-state index contributed by atoms with van der Waals surface area (Å²) in [6, 6.07) is 8.79. The van der Waals surface area contributed by atoms with E-state index in [0.29, 0.717) is 44.5 Å². The average molecular weight is 358 g/mol. The number of amides is 2. The van der Waals surface area contributed by atoms with Crippen molar-refractivity contribution in [3.05, 3.63) is 35.9 Å². The fourth-order valence-electron chi connectivity index (χ4n) is 4.08. The molecule has 0 spiro atoms. The van der Waals surface area contributed by atoms with Gasteiger partial charge in [0.15, 0.2) is 0 Å². The molecule has 140 valence electrons. The topological polar surface area (TPSA) is 77.9 Å². The number of ketones is 1. The Kier molecular flexibility index (Phi) is 6.04. The van der Waals surface area contributed by atoms with Gasteiger partial charge in [0.05, 0.1) is 0 Å². The molecule has 26 heavy (non-hydrogen) atoms. The van der Waals surface area contributed by atoms with Crippen LogP contribution in [0.15, 0.2) is 30.3 Å². The quantitative estimate of drug-likeness (QED) is 0.475. The lowest BCUT2D eigenvalue weighted by Gasteiger charge is -2.47. The third kappa shape index (κ3) is 3.96. The van der Waals surface area contributed by atoms with Gasteiger partial charge in [0.2, 0.25) is 11.7 Å². The van der Waals surface area contributed by atoms with Crippen molar-refractivity contribution in [1.82, 2.24) is 9.80 Å². The second-order valence-electron chi connectivity index (χ2n) is 7.12. The molecule has 1 aromatic rings. The SMILES string of the molecule is O=C(C(=O)N1CC[C@@H]2[C@@H](CCC(=O)N2CCCCO)C1)c1ccccc1. The molecule has 6 heteroatoms. The Bertz CT molecular complexity index is 661. The van der Waals surface area contributed by atoms with Gasteiger partial charge < -0.3 is 14.9 Å². The lowest BCUT2D eigenvalue weighted by atomic mass is 9.83. The highest BCUT2D eigenvalue weighted by atomic mass is 16.3. The molecule has 1 aromatic carbocycles. The summed E-state index contributed by atoms with van der Waals surface area (Å²) in [7, 11) is 0. The van der Waals surface area contributed by atoms with Gasteiger partial charge in [0.1, 0.15) is 0 Å². The van der Waals surface area contributed by atoms with Crippen LogP contribution in [0.4, 0.5) is 0 Å². The van der Waals surface area contributed by atoms with Crippen molar-refractivity contribution >= 4 is 17.6 Å². The van der Waals surface area contributed by atoms with E-state index in [-0.39, 0.29) is 24.5 Å². The summed E-state index contributed by atoms with van der Waals surface area (Å²) in [6.07, 6.45) is 3.46. The second-order valence-corrected chi connectivity index (χ2v) is 7.12. The zero-order chi connectivity index (χ0) is 18.5. The van der Waals surface area contributed by atoms with Crippen molar-refractivity contribution in [3.63, 3.8) is 0 Å². The van der Waals surface area contributed by atoms with Gasteiger partial charge in [0, 0.05) is 44.3 Å². The molecule has 0 aliphatic carbocycles. The number of aliphatic hydroxyl groups is 1. The number of aliphatic hydroxyl groups excluding tert-OH is 1. The molecule has 2 aliphatic heterocycles. The predicted octanol–water partition coefficient (Wildman–Crippen LogP) is 1.48. The number of hydrogen-bond acceptors (Lipinski definition) is 4. The minimum atomic E-state index is -0.462. The Hall–Kier alpha value is -2.21. The molecule has 0 bridgehead atoms. The molecule has 0 unspecified atom stereocenters. The summed E-state index contributed by atoms with van der Waals surface area (Å²) < 4.78 is 0. The molecule has 0 aromatic heterocycles. The van der Waals surface area contributed by atoms with Gasteiger partial charge in [-0.3, -0.25) is 14.4 Å². The van der Waals surface area contributed by atoms with Crippen LogP contribution < -0.4 is 0 Å². The summed E-state index contributed by atoms with van der Waals surface area (Å²) in [6.45, 7) is 1.84. The standard InChI is InChI=1S/C20H26N2O4/c23-13-5-4-11-22-17-10-12-21(14-16(17)8-9-18(22)24)20(26)19(25)15-6-2-1-3-7-15/h1-3,6-7,16-17,23H,4-5,8-14H2/t16-,17+/m0/s1. The number of likely N-dealkylation sites (tertiary alicyclic amines) is 2. The van der Waals surface area contributed by atoms with Gasteiger partial charge in [-0.15, -0.1) is 0 Å². The molecule has 0 radical (unpaired) electrons. The molecule has 2 saturated heterocycles. The van der Waals surface area contributed by atoms with Crippen LogP contribution in [0.25, 0.3) is 0 Å². The first-order valence-electron chi connectivity index (χ1n) is 9.41. The van der Waals surface area contributed by atoms with Crippen LogP contribution >= 0.6 is 0 Å². The number of unbranched alkanes of at least 4 members (excludes halogenated alkanes) is 1. The molecule has 1 N–H and O–H groups in total. The Morgan fingerprint density at radius 1 is 1.12 bits per heavy atom. The number of nitrogens with zero attached hydrogens (tertiary/aromatic N) is 2. The highest BCUT2D eigenvalue weighted by molar-refractivity contribution is 6.42. The highest BCUT2D eigenvalue weighted by Gasteiger charge is 2.40. The number of carbonyl (C=O) groups is 3. The van der Waals surface area contributed by atoms with Crippen molar-refractivity contribution in [2.24, 2.45) is 5.92 Å². The minimum absolute atomic E-state index is 0.139. The van der Waals surface area contributed by atoms with Crippen LogP contribution in [0.3, 0.4) is 0 Å². The summed E-state index contributed by atoms with van der Waals surface area (Å²) in [5.74, 6) is -0.512. The van der Waals surface area contributed by atoms with Crippen LogP contribution in [0, 0.1) is 5.92 Å². The molecular weight excluding hydrogens is 332 g/mol. The molecule has 3 rings (SSSR count). The Morgan fingerprint density at radius 2 is 1.88 bits per heavy atom. The lowest BCUT2D eigenvalue weighted by molar-refractivity contribution is -0.143. The van der Waals surface area contributed by atoms with Crippen LogP contribution in [-0.2, 0) is 9.59 Å². The molecule has 2 aliphatic rings. The van der Waals surface area contributed by atoms with Crippen LogP contribution in [0.2, 0.25) is 0 Å². The summed E-state index contributed by atoms with van der Waals surface area (Å²) >= 11 is 0. The Morgan fingerprint density at radius 3 is 2.62 bits per heavy atom. The van der Waals surface area contributed by atoms with Crippen LogP contribution in [-0.4, -0.2) is 64.8 Å². The van der Waals surface area contributed by atoms with E-state index in [1.807, 2.05) is 11.0 Å². The van der Waals surface area contributed by atoms with Gasteiger partial charge in [-0.25, -0.2) is 0 Å². The maximum atomic E-state index is 12.6. The number of benzene rings is 1. The predicted molar refractivity (Wildman–Crippen MR) is 96.5 cm³/mol. The fraction of sp³-hybridized carbons (Fsp3) is 0.550. The monoisotopic (exact) mass is 358 g/mol. The van der Waals surface area contributed by atoms with E-state index in [1.54, 1.807) is 29.2 Å². The van der Waals surface area contributed by atoms with Crippen LogP contribution in [0.5, 0.6) is 0 Å². The van der Waals surface area contributed by atoms with Gasteiger partial charge in [-0.1, -0.05) is 30.3 Å². The summed E-state index contributed by atoms with van der Waals surface area (Å²) in [5, 5.41) is 8.96. The maximum absolute atomic E-state index is 12.6. The normalized spacial score (nSPS) is 22.9. The van der Waals surface area contributed by atoms with Crippen molar-refractivity contribution in [2.75, 3.05) is 26.2 Å². The van der Waals surface area contributed by atoms with Crippen molar-refractivity contribution in [3.8, 4) is 0 Å². The molecule has 0 saturated carbocycles. The minimum Gasteiger partial charge on any atom is -0.396 e. The number of hydrogen-bond donors (Lipinski definition) is 1. The van der Waals surface area contributed by atoms with Gasteiger partial charge in [-0.2, -0.15) is 0 Å². The van der Waals surface area contributed by atoms with Gasteiger partial charge in [-0.05, 0) is 31.6 Å². The second kappa shape index (κ2) is 8.45. The highest BCUT2D eigenvalue weighted by Crippen LogP contribution is 2.31. The van der Waals surface area contributed by atoms with Crippen molar-refractivity contribution < 1.29 is 19.5 Å². The number of rotatable bonds is 6. The zero-order valence-corrected chi connectivity index (χ0v) is 15.0. The van der Waals surface area contributed by atoms with Gasteiger partial charge in [0.25, 0.3) is 5.91 Å². The van der Waals surface area contributed by atoms with E-state index in [4.69, 9.17) is 5.11 Å². The molecular formula is C20H26N2O4. The van der Waals surface area contributed by atoms with Crippen molar-refractivity contribution in [1.29, 1.82) is 0 Å². The average Bonchev–Trinajstić information content (AvgIpc) is 2.69. The smallest absolute Gasteiger partial charge is 0.294 e. The first kappa shape index (κ1) is 18.6. The van der Waals surface area contributed by atoms with Crippen molar-refractivity contribution in [2.45, 2.75) is 38.1 Å². The van der Waals surface area contributed by atoms with E-state index in [1.165, 1.54) is 0 Å². The Balaban J connectivity index is 1.63. The number of Topliss-reactive ketones (excluding diaryl/α,β-unsaturated/α-hetero) is 1. The van der Waals surface area contributed by atoms with E-state index in [2.05, 4.69) is 0 Å². The van der Waals surface area contributed by atoms with Gasteiger partial charge >= 0.3 is 0 Å². The maximum Gasteiger partial charge on any atom is 0.294 e. The molecule has 6 nitrogen and oxygen atoms in total. The van der Waals surface area contributed by atoms with E-state index < -0.39 is 11.7 Å². The third-order valence-electron chi connectivity index (χ3n) is 5.47. The van der Waals surface area contributed by atoms with Crippen LogP contribution in [0.1, 0.15) is 42.5 Å². The first-order valence-corrected chi connectivity index (χ1v) is 9.41. The fourth-order valence-corrected chi connectivity index (χ4v) is 4.08. The zero-order valence-electron chi connectivity index (χ0n) is 15.0. The van der Waals surface area contributed by atoms with E-state index >= 15 is 0 Å². The third-order valence-corrected chi connectivity index (χ3v) is 5.47. The van der Waals surface area contributed by atoms with E-state index in [0.717, 1.165) is 12.8 Å². The molecule has 2 heterocycles. The molecule has 2 amide bonds. The van der Waals surface area contributed by atoms with E-state index in [9.17, 15) is 14.4 Å². The number of piperidine rings is 2. The molecule has 2 atom stereocenters. The lowest BCUT2D eigenvalue weighted by Crippen LogP contribution is -2.57. The molecule has 2 fully saturated rings.